The van der Waals surface area contributed by atoms with Crippen LogP contribution < -0.4 is 5.73 Å². The molecule has 0 bridgehead atoms. The van der Waals surface area contributed by atoms with Crippen molar-refractivity contribution >= 4 is 17.0 Å². The molecule has 3 nitrogen and oxygen atoms in total. The summed E-state index contributed by atoms with van der Waals surface area (Å²) in [6, 6.07) is 6.35. The van der Waals surface area contributed by atoms with Gasteiger partial charge in [-0.2, -0.15) is 0 Å². The molecule has 1 heterocycles. The molecule has 2 aromatic rings. The molecule has 102 valence electrons. The molecule has 19 heavy (non-hydrogen) atoms. The maximum absolute atomic E-state index is 6.05. The van der Waals surface area contributed by atoms with Crippen molar-refractivity contribution in [3.63, 3.8) is 0 Å². The van der Waals surface area contributed by atoms with E-state index in [0.717, 1.165) is 18.0 Å². The van der Waals surface area contributed by atoms with E-state index < -0.39 is 0 Å². The minimum absolute atomic E-state index is 0.659. The van der Waals surface area contributed by atoms with Crippen molar-refractivity contribution < 1.29 is 0 Å². The van der Waals surface area contributed by atoms with Gasteiger partial charge in [0.15, 0.2) is 0 Å². The largest absolute Gasteiger partial charge is 0.369 e. The summed E-state index contributed by atoms with van der Waals surface area (Å²) in [4.78, 5) is 4.45. The van der Waals surface area contributed by atoms with Crippen molar-refractivity contribution in [2.45, 2.75) is 52.0 Å². The van der Waals surface area contributed by atoms with E-state index in [1.807, 2.05) is 0 Å². The van der Waals surface area contributed by atoms with Gasteiger partial charge in [0, 0.05) is 6.54 Å². The zero-order valence-corrected chi connectivity index (χ0v) is 11.7. The fourth-order valence-electron chi connectivity index (χ4n) is 3.32. The molecule has 0 aliphatic heterocycles. The van der Waals surface area contributed by atoms with Crippen LogP contribution in [0.4, 0.5) is 5.95 Å². The number of hydrogen-bond donors (Lipinski definition) is 1. The van der Waals surface area contributed by atoms with Crippen molar-refractivity contribution in [2.24, 2.45) is 5.92 Å². The molecule has 1 aliphatic carbocycles. The number of nitrogens with zero attached hydrogens (tertiary/aromatic N) is 2. The van der Waals surface area contributed by atoms with Crippen LogP contribution in [0.1, 0.15) is 44.1 Å². The first-order chi connectivity index (χ1) is 9.24. The van der Waals surface area contributed by atoms with Crippen molar-refractivity contribution in [2.75, 3.05) is 5.73 Å². The Labute approximate surface area is 114 Å². The molecule has 0 atom stereocenters. The van der Waals surface area contributed by atoms with E-state index in [2.05, 4.69) is 34.7 Å². The van der Waals surface area contributed by atoms with Gasteiger partial charge in [0.1, 0.15) is 0 Å². The normalized spacial score (nSPS) is 16.5. The van der Waals surface area contributed by atoms with Gasteiger partial charge in [0.25, 0.3) is 0 Å². The molecule has 1 aromatic heterocycles. The van der Waals surface area contributed by atoms with E-state index in [1.165, 1.54) is 49.6 Å². The van der Waals surface area contributed by atoms with Crippen LogP contribution in [-0.2, 0) is 6.54 Å². The van der Waals surface area contributed by atoms with E-state index in [0.29, 0.717) is 5.95 Å². The third-order valence-corrected chi connectivity index (χ3v) is 4.40. The highest BCUT2D eigenvalue weighted by molar-refractivity contribution is 5.79. The number of nitrogen functional groups attached to an aromatic ring is 1. The zero-order chi connectivity index (χ0) is 13.2. The Hall–Kier alpha value is -1.51. The van der Waals surface area contributed by atoms with Crippen LogP contribution in [0.25, 0.3) is 11.0 Å². The molecular formula is C16H23N3. The second kappa shape index (κ2) is 5.24. The summed E-state index contributed by atoms with van der Waals surface area (Å²) in [6.45, 7) is 3.12. The standard InChI is InChI=1S/C16H23N3/c1-12-8-9-14-15(11-12)19(16(17)18-14)10-4-7-13-5-2-3-6-13/h8-9,11,13H,2-7,10H2,1H3,(H2,17,18). The van der Waals surface area contributed by atoms with Gasteiger partial charge in [-0.05, 0) is 43.4 Å². The maximum atomic E-state index is 6.05. The number of benzene rings is 1. The first-order valence-electron chi connectivity index (χ1n) is 7.46. The highest BCUT2D eigenvalue weighted by Gasteiger charge is 2.15. The maximum Gasteiger partial charge on any atom is 0.201 e. The van der Waals surface area contributed by atoms with Crippen LogP contribution in [0.3, 0.4) is 0 Å². The number of nitrogens with two attached hydrogens (primary N) is 1. The summed E-state index contributed by atoms with van der Waals surface area (Å²) < 4.78 is 2.18. The summed E-state index contributed by atoms with van der Waals surface area (Å²) in [6.07, 6.45) is 8.28. The molecule has 0 amide bonds. The third-order valence-electron chi connectivity index (χ3n) is 4.40. The van der Waals surface area contributed by atoms with Crippen molar-refractivity contribution in [3.8, 4) is 0 Å². The molecule has 1 aromatic carbocycles. The molecule has 3 rings (SSSR count). The minimum atomic E-state index is 0.659. The molecule has 0 unspecified atom stereocenters. The van der Waals surface area contributed by atoms with Crippen molar-refractivity contribution in [1.82, 2.24) is 9.55 Å². The van der Waals surface area contributed by atoms with Gasteiger partial charge in [-0.1, -0.05) is 31.7 Å². The van der Waals surface area contributed by atoms with Crippen LogP contribution >= 0.6 is 0 Å². The molecule has 0 saturated heterocycles. The fourth-order valence-corrected chi connectivity index (χ4v) is 3.32. The Morgan fingerprint density at radius 1 is 1.32 bits per heavy atom. The van der Waals surface area contributed by atoms with E-state index in [-0.39, 0.29) is 0 Å². The van der Waals surface area contributed by atoms with E-state index >= 15 is 0 Å². The number of fused-ring (bicyclic) bond motifs is 1. The zero-order valence-electron chi connectivity index (χ0n) is 11.7. The summed E-state index contributed by atoms with van der Waals surface area (Å²) >= 11 is 0. The number of hydrogen-bond acceptors (Lipinski definition) is 2. The average Bonchev–Trinajstić information content (AvgIpc) is 2.99. The number of imidazole rings is 1. The number of aromatic nitrogens is 2. The van der Waals surface area contributed by atoms with Crippen LogP contribution in [0, 0.1) is 12.8 Å². The van der Waals surface area contributed by atoms with E-state index in [4.69, 9.17) is 5.73 Å². The lowest BCUT2D eigenvalue weighted by Gasteiger charge is -2.10. The topological polar surface area (TPSA) is 43.8 Å². The first kappa shape index (κ1) is 12.5. The summed E-state index contributed by atoms with van der Waals surface area (Å²) in [5.41, 5.74) is 9.52. The van der Waals surface area contributed by atoms with Crippen LogP contribution in [0.2, 0.25) is 0 Å². The third kappa shape index (κ3) is 2.60. The smallest absolute Gasteiger partial charge is 0.201 e. The number of aryl methyl sites for hydroxylation is 2. The van der Waals surface area contributed by atoms with Gasteiger partial charge in [0.05, 0.1) is 11.0 Å². The second-order valence-corrected chi connectivity index (χ2v) is 5.91. The van der Waals surface area contributed by atoms with Crippen LogP contribution in [-0.4, -0.2) is 9.55 Å². The summed E-state index contributed by atoms with van der Waals surface area (Å²) in [5, 5.41) is 0. The number of anilines is 1. The molecule has 1 saturated carbocycles. The minimum Gasteiger partial charge on any atom is -0.369 e. The Bertz CT molecular complexity index is 565. The van der Waals surface area contributed by atoms with Crippen LogP contribution in [0.5, 0.6) is 0 Å². The summed E-state index contributed by atoms with van der Waals surface area (Å²) in [5.74, 6) is 1.62. The molecule has 3 heteroatoms. The van der Waals surface area contributed by atoms with E-state index in [9.17, 15) is 0 Å². The van der Waals surface area contributed by atoms with Gasteiger partial charge in [-0.25, -0.2) is 4.98 Å². The monoisotopic (exact) mass is 257 g/mol. The molecule has 0 spiro atoms. The Kier molecular flexibility index (Phi) is 3.45. The van der Waals surface area contributed by atoms with Gasteiger partial charge >= 0.3 is 0 Å². The lowest BCUT2D eigenvalue weighted by Crippen LogP contribution is -2.05. The van der Waals surface area contributed by atoms with Crippen molar-refractivity contribution in [1.29, 1.82) is 0 Å². The fraction of sp³-hybridized carbons (Fsp3) is 0.562. The van der Waals surface area contributed by atoms with Gasteiger partial charge < -0.3 is 10.3 Å². The predicted octanol–water partition coefficient (Wildman–Crippen LogP) is 3.90. The lowest BCUT2D eigenvalue weighted by molar-refractivity contribution is 0.462. The Morgan fingerprint density at radius 2 is 2.11 bits per heavy atom. The van der Waals surface area contributed by atoms with Gasteiger partial charge in [-0.15, -0.1) is 0 Å². The van der Waals surface area contributed by atoms with Gasteiger partial charge in [0.2, 0.25) is 5.95 Å². The van der Waals surface area contributed by atoms with Crippen molar-refractivity contribution in [3.05, 3.63) is 23.8 Å². The van der Waals surface area contributed by atoms with E-state index in [1.54, 1.807) is 0 Å². The SMILES string of the molecule is Cc1ccc2nc(N)n(CCCC3CCCC3)c2c1. The van der Waals surface area contributed by atoms with Crippen LogP contribution in [0.15, 0.2) is 18.2 Å². The molecule has 2 N–H and O–H groups in total. The highest BCUT2D eigenvalue weighted by atomic mass is 15.1. The summed E-state index contributed by atoms with van der Waals surface area (Å²) in [7, 11) is 0. The molecule has 1 fully saturated rings. The molecular weight excluding hydrogens is 234 g/mol. The number of rotatable bonds is 4. The molecule has 0 radical (unpaired) electrons. The van der Waals surface area contributed by atoms with Gasteiger partial charge in [-0.3, -0.25) is 0 Å². The Balaban J connectivity index is 1.72. The lowest BCUT2D eigenvalue weighted by atomic mass is 10.0. The average molecular weight is 257 g/mol. The predicted molar refractivity (Wildman–Crippen MR) is 80.1 cm³/mol. The molecule has 1 aliphatic rings. The Morgan fingerprint density at radius 3 is 2.89 bits per heavy atom. The highest BCUT2D eigenvalue weighted by Crippen LogP contribution is 2.29. The quantitative estimate of drug-likeness (QED) is 0.902. The second-order valence-electron chi connectivity index (χ2n) is 5.91. The first-order valence-corrected chi connectivity index (χ1v) is 7.46.